The van der Waals surface area contributed by atoms with Gasteiger partial charge in [-0.1, -0.05) is 149 Å². The van der Waals surface area contributed by atoms with Gasteiger partial charge in [0.05, 0.1) is 23.4 Å². The highest BCUT2D eigenvalue weighted by Gasteiger charge is 2.51. The topological polar surface area (TPSA) is 294 Å². The lowest BCUT2D eigenvalue weighted by atomic mass is 9.80. The van der Waals surface area contributed by atoms with E-state index in [1.807, 2.05) is 125 Å². The van der Waals surface area contributed by atoms with Gasteiger partial charge in [-0.15, -0.1) is 11.2 Å². The van der Waals surface area contributed by atoms with Crippen LogP contribution in [0.2, 0.25) is 0 Å². The van der Waals surface area contributed by atoms with Gasteiger partial charge in [0.15, 0.2) is 10.3 Å². The third-order valence-corrected chi connectivity index (χ3v) is 24.0. The maximum atomic E-state index is 13.3. The third-order valence-electron chi connectivity index (χ3n) is 16.4. The van der Waals surface area contributed by atoms with Crippen LogP contribution in [-0.2, 0) is 88.0 Å². The molecule has 0 fully saturated rings. The minimum absolute atomic E-state index is 0.328. The second kappa shape index (κ2) is 25.4. The lowest BCUT2D eigenvalue weighted by Gasteiger charge is -2.46. The summed E-state index contributed by atoms with van der Waals surface area (Å²) < 4.78 is 158. The number of rotatable bonds is 4. The van der Waals surface area contributed by atoms with Gasteiger partial charge in [0.1, 0.15) is 32.5 Å². The molecule has 0 radical (unpaired) electrons. The van der Waals surface area contributed by atoms with E-state index in [0.29, 0.717) is 3.71 Å². The molecular weight excluding hydrogens is 1330 g/mol. The van der Waals surface area contributed by atoms with Gasteiger partial charge in [-0.05, 0) is 216 Å². The smallest absolute Gasteiger partial charge is 0.215 e. The van der Waals surface area contributed by atoms with E-state index in [1.54, 1.807) is 0 Å². The molecule has 19 rings (SSSR count). The van der Waals surface area contributed by atoms with Gasteiger partial charge >= 0.3 is 0 Å². The van der Waals surface area contributed by atoms with Crippen LogP contribution in [-0.4, -0.2) is 67.7 Å². The molecule has 0 N–H and O–H groups in total. The molecule has 13 aromatic rings. The Balaban J connectivity index is 0.000000116. The van der Waals surface area contributed by atoms with Crippen LogP contribution in [0.5, 0.6) is 0 Å². The van der Waals surface area contributed by atoms with Crippen molar-refractivity contribution in [3.05, 3.63) is 275 Å². The highest BCUT2D eigenvalue weighted by atomic mass is 32.3. The quantitative estimate of drug-likeness (QED) is 0.0899. The van der Waals surface area contributed by atoms with Crippen molar-refractivity contribution < 1.29 is 60.3 Å². The average Bonchev–Trinajstić information content (AvgIpc) is 0.704. The monoisotopic (exact) mass is 1370 g/mol. The Kier molecular flexibility index (Phi) is 17.3. The summed E-state index contributed by atoms with van der Waals surface area (Å²) >= 11 is -6.07. The van der Waals surface area contributed by atoms with Gasteiger partial charge in [-0.25, -0.2) is 29.5 Å². The molecule has 92 heavy (non-hydrogen) atoms. The normalized spacial score (nSPS) is 19.1. The second-order valence-corrected chi connectivity index (χ2v) is 29.7. The van der Waals surface area contributed by atoms with Crippen LogP contribution >= 0.6 is 0 Å². The maximum absolute atomic E-state index is 13.3. The molecule has 2 aliphatic carbocycles. The SMILES string of the molecule is O=S([O-])N1C2c3cc4ccccc4cc3C(c3cc4ccccc4cc32)S1=O.O=S1C2c3cc4ccccc4cc3C(c3cc4ccccc4cc32)N1S(=O)(=O)[O-].O=S=NS(=O)(=O)[O-].O=S=NS(=O)[O-].c1ccc2cc3cc4cc5ccccc5cc4cc3cc2c1. The molecule has 462 valence electrons. The highest BCUT2D eigenvalue weighted by molar-refractivity contribution is 7.98. The standard InChI is InChI=1S/C22H15NO4S2.C22H15NO3S2.C22H14.HNO4S2.HNO3S2/c24-28-22-19-11-15-7-3-1-5-13(15)9-17(19)21(23(28)29(25,26)27)18-10-14-6-2-4-8-16(14)12-20(18)22;24-27-22-19-11-15-7-3-1-5-13(15)9-17(19)21(23(27)28(25)26)18-10-14-6-2-4-8-16(14)12-20(18)22;1-2-6-16-10-20-14-22-12-18-8-4-3-7-17(18)11-21(22)13-19(20)9-15(16)5-1;2-6-1-7(3,4)5;2-5-1-6(3)4/h1-12,21-22H,(H,25,26,27);1-12,21-22H,(H,25,26);1-14H;(H,3,4,5);(H,3,4)/p-4. The van der Waals surface area contributed by atoms with Crippen molar-refractivity contribution in [2.75, 3.05) is 0 Å². The summed E-state index contributed by atoms with van der Waals surface area (Å²) in [5.74, 6) is 0. The first-order valence-corrected chi connectivity index (χ1v) is 36.2. The predicted octanol–water partition coefficient (Wildman–Crippen LogP) is 12.5. The summed E-state index contributed by atoms with van der Waals surface area (Å²) in [6.45, 7) is 0. The predicted molar refractivity (Wildman–Crippen MR) is 358 cm³/mol. The first-order chi connectivity index (χ1) is 44.3. The first kappa shape index (κ1) is 62.6. The minimum atomic E-state index is -4.91. The largest absolute Gasteiger partial charge is 0.759 e. The number of benzene rings is 13. The first-order valence-electron chi connectivity index (χ1n) is 27.6. The molecule has 0 saturated carbocycles. The fourth-order valence-electron chi connectivity index (χ4n) is 12.7. The van der Waals surface area contributed by atoms with E-state index in [-0.39, 0.29) is 11.5 Å². The molecule has 4 unspecified atom stereocenters. The van der Waals surface area contributed by atoms with E-state index in [0.717, 1.165) is 91.3 Å². The van der Waals surface area contributed by atoms with E-state index >= 15 is 0 Å². The Hall–Kier alpha value is -8.16. The van der Waals surface area contributed by atoms with Gasteiger partial charge in [-0.3, -0.25) is 4.21 Å². The number of fused-ring (bicyclic) bond motifs is 10. The molecule has 0 spiro atoms. The van der Waals surface area contributed by atoms with E-state index in [4.69, 9.17) is 8.42 Å². The van der Waals surface area contributed by atoms with Crippen LogP contribution in [0.25, 0.3) is 86.2 Å². The van der Waals surface area contributed by atoms with Crippen molar-refractivity contribution in [1.82, 2.24) is 7.42 Å². The highest BCUT2D eigenvalue weighted by Crippen LogP contribution is 2.57. The van der Waals surface area contributed by atoms with Gasteiger partial charge in [0.25, 0.3) is 0 Å². The molecule has 0 amide bonds. The van der Waals surface area contributed by atoms with E-state index in [2.05, 4.69) is 113 Å². The van der Waals surface area contributed by atoms with Gasteiger partial charge in [0, 0.05) is 11.3 Å². The van der Waals surface area contributed by atoms with Crippen molar-refractivity contribution in [2.45, 2.75) is 22.6 Å². The Morgan fingerprint density at radius 1 is 0.370 bits per heavy atom. The van der Waals surface area contributed by atoms with Crippen LogP contribution in [0, 0.1) is 0 Å². The fraction of sp³-hybridized carbons (Fsp3) is 0.0606. The van der Waals surface area contributed by atoms with E-state index in [1.165, 1.54) is 43.1 Å². The number of nitrogens with zero attached hydrogens (tertiary/aromatic N) is 4. The van der Waals surface area contributed by atoms with Gasteiger partial charge in [0.2, 0.25) is 33.2 Å². The Bertz CT molecular complexity index is 5360. The zero-order valence-corrected chi connectivity index (χ0v) is 53.6. The lowest BCUT2D eigenvalue weighted by molar-refractivity contribution is 0.382. The summed E-state index contributed by atoms with van der Waals surface area (Å²) in [5, 5.41) is 17.4. The average molecular weight is 1370 g/mol. The van der Waals surface area contributed by atoms with Crippen LogP contribution in [0.4, 0.5) is 0 Å². The molecule has 4 heterocycles. The summed E-state index contributed by atoms with van der Waals surface area (Å²) in [5.41, 5.74) is 6.90. The van der Waals surface area contributed by atoms with E-state index in [9.17, 15) is 51.9 Å². The lowest BCUT2D eigenvalue weighted by Crippen LogP contribution is -2.47. The van der Waals surface area contributed by atoms with Crippen LogP contribution < -0.4 is 0 Å². The van der Waals surface area contributed by atoms with Crippen LogP contribution in [0.15, 0.2) is 238 Å². The van der Waals surface area contributed by atoms with Gasteiger partial charge < -0.3 is 18.2 Å². The molecule has 4 bridgehead atoms. The molecular formula is C66H42N4O14S8-4. The molecule has 6 aliphatic rings. The van der Waals surface area contributed by atoms with Crippen molar-refractivity contribution >= 4 is 174 Å². The summed E-state index contributed by atoms with van der Waals surface area (Å²) in [4.78, 5) is 0. The maximum Gasteiger partial charge on any atom is 0.215 e. The Morgan fingerprint density at radius 3 is 0.837 bits per heavy atom. The zero-order chi connectivity index (χ0) is 64.3. The molecule has 0 aromatic heterocycles. The third kappa shape index (κ3) is 12.0. The minimum Gasteiger partial charge on any atom is -0.759 e. The second-order valence-electron chi connectivity index (χ2n) is 21.5. The van der Waals surface area contributed by atoms with Gasteiger partial charge in [-0.2, -0.15) is 8.42 Å². The molecule has 0 saturated heterocycles. The van der Waals surface area contributed by atoms with Crippen molar-refractivity contribution in [2.24, 2.45) is 7.54 Å². The van der Waals surface area contributed by atoms with Crippen LogP contribution in [0.1, 0.15) is 67.1 Å². The Labute approximate surface area is 542 Å². The summed E-state index contributed by atoms with van der Waals surface area (Å²) in [6.07, 6.45) is 0. The fourth-order valence-corrected chi connectivity index (χ4v) is 18.8. The van der Waals surface area contributed by atoms with E-state index < -0.39 is 99.2 Å². The van der Waals surface area contributed by atoms with Crippen molar-refractivity contribution in [1.29, 1.82) is 0 Å². The molecule has 4 aliphatic heterocycles. The van der Waals surface area contributed by atoms with Crippen molar-refractivity contribution in [3.8, 4) is 0 Å². The van der Waals surface area contributed by atoms with Crippen molar-refractivity contribution in [3.63, 3.8) is 0 Å². The molecule has 18 nitrogen and oxygen atoms in total. The summed E-state index contributed by atoms with van der Waals surface area (Å²) in [6, 6.07) is 77.1. The summed E-state index contributed by atoms with van der Waals surface area (Å²) in [7, 11) is -13.3. The molecule has 4 atom stereocenters. The zero-order valence-electron chi connectivity index (χ0n) is 47.0. The molecule has 26 heteroatoms. The molecule has 13 aromatic carbocycles. The number of hydrogen-bond acceptors (Lipinski definition) is 14. The Morgan fingerprint density at radius 2 is 0.620 bits per heavy atom. The number of hydrogen-bond donors (Lipinski definition) is 0. The van der Waals surface area contributed by atoms with Crippen LogP contribution in [0.3, 0.4) is 0 Å².